The van der Waals surface area contributed by atoms with Crippen LogP contribution < -0.4 is 15.4 Å². The first-order valence-corrected chi connectivity index (χ1v) is 9.89. The number of nitrogens with two attached hydrogens (primary N) is 1. The third-order valence-corrected chi connectivity index (χ3v) is 5.30. The molecule has 1 saturated heterocycles. The highest BCUT2D eigenvalue weighted by molar-refractivity contribution is 7.89. The van der Waals surface area contributed by atoms with Crippen LogP contribution in [-0.4, -0.2) is 45.2 Å². The van der Waals surface area contributed by atoms with E-state index in [1.165, 1.54) is 6.07 Å². The minimum Gasteiger partial charge on any atom is -0.363 e. The van der Waals surface area contributed by atoms with E-state index in [1.807, 2.05) is 0 Å². The molecule has 1 aliphatic rings. The van der Waals surface area contributed by atoms with Crippen molar-refractivity contribution in [3.05, 3.63) is 28.3 Å². The summed E-state index contributed by atoms with van der Waals surface area (Å²) < 4.78 is 60.5. The molecule has 3 N–H and O–H groups in total. The van der Waals surface area contributed by atoms with E-state index in [0.717, 1.165) is 12.1 Å². The summed E-state index contributed by atoms with van der Waals surface area (Å²) in [5.41, 5.74) is -0.395. The number of rotatable bonds is 7. The number of hydrogen-bond acceptors (Lipinski definition) is 6. The van der Waals surface area contributed by atoms with E-state index in [9.17, 15) is 31.7 Å². The summed E-state index contributed by atoms with van der Waals surface area (Å²) in [7, 11) is -4.14. The molecule has 12 heteroatoms. The number of anilines is 1. The number of primary sulfonamides is 1. The zero-order valence-electron chi connectivity index (χ0n) is 14.4. The number of piperidine rings is 1. The lowest BCUT2D eigenvalue weighted by Crippen LogP contribution is -2.44. The Kier molecular flexibility index (Phi) is 6.65. The summed E-state index contributed by atoms with van der Waals surface area (Å²) in [6.45, 7) is 1.26. The number of nitrogens with one attached hydrogen (secondary N) is 1. The van der Waals surface area contributed by atoms with Crippen LogP contribution in [0.2, 0.25) is 0 Å². The first-order chi connectivity index (χ1) is 12.5. The average molecular weight is 410 g/mol. The van der Waals surface area contributed by atoms with Crippen molar-refractivity contribution in [1.29, 1.82) is 0 Å². The lowest BCUT2D eigenvalue weighted by atomic mass is 10.0. The van der Waals surface area contributed by atoms with E-state index >= 15 is 0 Å². The summed E-state index contributed by atoms with van der Waals surface area (Å²) in [5.74, 6) is 0. The minimum absolute atomic E-state index is 0.0280. The fraction of sp³-hybridized carbons (Fsp3) is 0.600. The number of alkyl halides is 3. The summed E-state index contributed by atoms with van der Waals surface area (Å²) in [5, 5.41) is 19.6. The third kappa shape index (κ3) is 6.04. The molecule has 0 radical (unpaired) electrons. The number of nitro groups is 1. The monoisotopic (exact) mass is 410 g/mol. The van der Waals surface area contributed by atoms with Crippen LogP contribution in [0.5, 0.6) is 0 Å². The van der Waals surface area contributed by atoms with Crippen molar-refractivity contribution in [2.75, 3.05) is 24.5 Å². The van der Waals surface area contributed by atoms with Crippen molar-refractivity contribution < 1.29 is 26.5 Å². The van der Waals surface area contributed by atoms with Gasteiger partial charge in [0, 0.05) is 25.1 Å². The highest BCUT2D eigenvalue weighted by Crippen LogP contribution is 2.34. The Labute approximate surface area is 154 Å². The standard InChI is InChI=1S/C15H21F3N4O4S/c16-15(17,18)6-1-9-21(11-4-7-20-8-5-11)13-3-2-12(27(19,25)26)10-14(13)22(23)24/h2-3,10-11,20H,1,4-9H2,(H2,19,25,26). The predicted octanol–water partition coefficient (Wildman–Crippen LogP) is 2.14. The fourth-order valence-electron chi connectivity index (χ4n) is 3.14. The molecule has 1 fully saturated rings. The molecule has 27 heavy (non-hydrogen) atoms. The SMILES string of the molecule is NS(=O)(=O)c1ccc(N(CCCC(F)(F)F)C2CCNCC2)c([N+](=O)[O-])c1. The van der Waals surface area contributed by atoms with Crippen molar-refractivity contribution in [3.63, 3.8) is 0 Å². The normalized spacial score (nSPS) is 16.3. The largest absolute Gasteiger partial charge is 0.389 e. The molecule has 0 bridgehead atoms. The molecule has 1 heterocycles. The van der Waals surface area contributed by atoms with Crippen LogP contribution in [0.25, 0.3) is 0 Å². The smallest absolute Gasteiger partial charge is 0.363 e. The maximum Gasteiger partial charge on any atom is 0.389 e. The first-order valence-electron chi connectivity index (χ1n) is 8.34. The van der Waals surface area contributed by atoms with Gasteiger partial charge in [-0.05, 0) is 44.5 Å². The lowest BCUT2D eigenvalue weighted by molar-refractivity contribution is -0.384. The van der Waals surface area contributed by atoms with Gasteiger partial charge in [-0.25, -0.2) is 13.6 Å². The zero-order valence-corrected chi connectivity index (χ0v) is 15.2. The number of nitro benzene ring substituents is 1. The van der Waals surface area contributed by atoms with Gasteiger partial charge in [-0.15, -0.1) is 0 Å². The van der Waals surface area contributed by atoms with Gasteiger partial charge in [-0.2, -0.15) is 13.2 Å². The first kappa shape index (κ1) is 21.4. The lowest BCUT2D eigenvalue weighted by Gasteiger charge is -2.36. The molecular formula is C15H21F3N4O4S. The number of sulfonamides is 1. The molecule has 1 aromatic rings. The van der Waals surface area contributed by atoms with Crippen LogP contribution in [0.1, 0.15) is 25.7 Å². The van der Waals surface area contributed by atoms with Crippen LogP contribution >= 0.6 is 0 Å². The van der Waals surface area contributed by atoms with Crippen molar-refractivity contribution in [3.8, 4) is 0 Å². The molecule has 0 aromatic heterocycles. The molecular weight excluding hydrogens is 389 g/mol. The number of benzene rings is 1. The molecule has 1 aliphatic heterocycles. The van der Waals surface area contributed by atoms with E-state index < -0.39 is 38.1 Å². The molecule has 0 atom stereocenters. The molecule has 0 saturated carbocycles. The fourth-order valence-corrected chi connectivity index (χ4v) is 3.67. The van der Waals surface area contributed by atoms with E-state index in [1.54, 1.807) is 4.90 Å². The van der Waals surface area contributed by atoms with E-state index in [0.29, 0.717) is 25.9 Å². The summed E-state index contributed by atoms with van der Waals surface area (Å²) in [4.78, 5) is 11.9. The third-order valence-electron chi connectivity index (χ3n) is 4.39. The minimum atomic E-state index is -4.32. The quantitative estimate of drug-likeness (QED) is 0.525. The number of nitrogens with zero attached hydrogens (tertiary/aromatic N) is 2. The van der Waals surface area contributed by atoms with Crippen molar-refractivity contribution in [1.82, 2.24) is 5.32 Å². The van der Waals surface area contributed by atoms with Gasteiger partial charge in [0.15, 0.2) is 0 Å². The maximum absolute atomic E-state index is 12.5. The Hall–Kier alpha value is -1.92. The van der Waals surface area contributed by atoms with Crippen LogP contribution in [0.4, 0.5) is 24.5 Å². The Morgan fingerprint density at radius 2 is 1.93 bits per heavy atom. The van der Waals surface area contributed by atoms with Crippen LogP contribution in [0.3, 0.4) is 0 Å². The van der Waals surface area contributed by atoms with Gasteiger partial charge in [0.1, 0.15) is 5.69 Å². The van der Waals surface area contributed by atoms with Crippen LogP contribution in [-0.2, 0) is 10.0 Å². The van der Waals surface area contributed by atoms with Gasteiger partial charge < -0.3 is 10.2 Å². The topological polar surface area (TPSA) is 119 Å². The highest BCUT2D eigenvalue weighted by atomic mass is 32.2. The second-order valence-corrected chi connectivity index (χ2v) is 7.91. The summed E-state index contributed by atoms with van der Waals surface area (Å²) >= 11 is 0. The number of hydrogen-bond donors (Lipinski definition) is 2. The number of halogens is 3. The van der Waals surface area contributed by atoms with Gasteiger partial charge in [0.2, 0.25) is 10.0 Å². The van der Waals surface area contributed by atoms with Crippen molar-refractivity contribution >= 4 is 21.4 Å². The Bertz CT molecular complexity index is 780. The van der Waals surface area contributed by atoms with E-state index in [2.05, 4.69) is 5.32 Å². The zero-order chi connectivity index (χ0) is 20.2. The molecule has 8 nitrogen and oxygen atoms in total. The maximum atomic E-state index is 12.5. The average Bonchev–Trinajstić information content (AvgIpc) is 2.57. The van der Waals surface area contributed by atoms with Crippen molar-refractivity contribution in [2.24, 2.45) is 5.14 Å². The summed E-state index contributed by atoms with van der Waals surface area (Å²) in [6.07, 6.45) is -4.32. The van der Waals surface area contributed by atoms with Crippen molar-refractivity contribution in [2.45, 2.75) is 42.8 Å². The van der Waals surface area contributed by atoms with Gasteiger partial charge in [0.25, 0.3) is 5.69 Å². The van der Waals surface area contributed by atoms with Gasteiger partial charge in [0.05, 0.1) is 9.82 Å². The van der Waals surface area contributed by atoms with Crippen LogP contribution in [0.15, 0.2) is 23.1 Å². The summed E-state index contributed by atoms with van der Waals surface area (Å²) in [6, 6.07) is 3.05. The van der Waals surface area contributed by atoms with E-state index in [-0.39, 0.29) is 24.7 Å². The second-order valence-electron chi connectivity index (χ2n) is 6.35. The van der Waals surface area contributed by atoms with Gasteiger partial charge in [-0.1, -0.05) is 0 Å². The predicted molar refractivity (Wildman–Crippen MR) is 93.0 cm³/mol. The molecule has 0 unspecified atom stereocenters. The molecule has 152 valence electrons. The molecule has 1 aromatic carbocycles. The second kappa shape index (κ2) is 8.40. The Morgan fingerprint density at radius 1 is 1.30 bits per heavy atom. The molecule has 0 spiro atoms. The Balaban J connectivity index is 2.39. The van der Waals surface area contributed by atoms with E-state index in [4.69, 9.17) is 5.14 Å². The van der Waals surface area contributed by atoms with Gasteiger partial charge >= 0.3 is 6.18 Å². The van der Waals surface area contributed by atoms with Crippen LogP contribution in [0, 0.1) is 10.1 Å². The van der Waals surface area contributed by atoms with Gasteiger partial charge in [-0.3, -0.25) is 10.1 Å². The molecule has 0 aliphatic carbocycles. The molecule has 2 rings (SSSR count). The highest BCUT2D eigenvalue weighted by Gasteiger charge is 2.31. The Morgan fingerprint density at radius 3 is 2.44 bits per heavy atom. The molecule has 0 amide bonds.